The third-order valence-corrected chi connectivity index (χ3v) is 1.97. The van der Waals surface area contributed by atoms with Crippen LogP contribution in [-0.4, -0.2) is 5.16 Å². The van der Waals surface area contributed by atoms with E-state index in [0.29, 0.717) is 5.56 Å². The summed E-state index contributed by atoms with van der Waals surface area (Å²) < 4.78 is 31.4. The Balaban J connectivity index is 2.62. The second-order valence-corrected chi connectivity index (χ2v) is 3.22. The summed E-state index contributed by atoms with van der Waals surface area (Å²) in [6.45, 7) is 1.60. The van der Waals surface area contributed by atoms with E-state index in [1.165, 1.54) is 18.2 Å². The molecule has 0 aliphatic rings. The molecule has 2 rings (SSSR count). The van der Waals surface area contributed by atoms with E-state index in [0.717, 1.165) is 0 Å². The molecule has 0 aliphatic heterocycles. The van der Waals surface area contributed by atoms with Gasteiger partial charge in [0.25, 0.3) is 0 Å². The highest BCUT2D eigenvalue weighted by Gasteiger charge is 2.15. The van der Waals surface area contributed by atoms with Gasteiger partial charge in [0, 0.05) is 6.07 Å². The van der Waals surface area contributed by atoms with Gasteiger partial charge in [-0.05, 0) is 24.6 Å². The van der Waals surface area contributed by atoms with Gasteiger partial charge in [0.2, 0.25) is 5.88 Å². The van der Waals surface area contributed by atoms with E-state index in [1.807, 2.05) is 0 Å². The zero-order valence-corrected chi connectivity index (χ0v) is 7.92. The summed E-state index contributed by atoms with van der Waals surface area (Å²) >= 11 is 0. The first-order valence-electron chi connectivity index (χ1n) is 4.26. The van der Waals surface area contributed by atoms with Crippen LogP contribution in [0.4, 0.5) is 14.7 Å². The standard InChI is InChI=1S/C10H8F2N2O/c1-5-2-6(11)10(7(12)3-5)8-4-9(13)15-14-8/h2-4H,13H2,1H3. The van der Waals surface area contributed by atoms with Crippen LogP contribution in [0, 0.1) is 18.6 Å². The molecule has 0 fully saturated rings. The molecular formula is C10H8F2N2O. The normalized spacial score (nSPS) is 10.6. The molecule has 15 heavy (non-hydrogen) atoms. The van der Waals surface area contributed by atoms with Crippen LogP contribution in [0.3, 0.4) is 0 Å². The van der Waals surface area contributed by atoms with Crippen molar-refractivity contribution in [1.29, 1.82) is 0 Å². The number of hydrogen-bond donors (Lipinski definition) is 1. The van der Waals surface area contributed by atoms with Gasteiger partial charge in [0.15, 0.2) is 0 Å². The summed E-state index contributed by atoms with van der Waals surface area (Å²) in [4.78, 5) is 0. The van der Waals surface area contributed by atoms with Gasteiger partial charge in [-0.3, -0.25) is 0 Å². The summed E-state index contributed by atoms with van der Waals surface area (Å²) in [6.07, 6.45) is 0. The van der Waals surface area contributed by atoms with Gasteiger partial charge >= 0.3 is 0 Å². The molecule has 1 aromatic heterocycles. The summed E-state index contributed by atoms with van der Waals surface area (Å²) in [7, 11) is 0. The van der Waals surface area contributed by atoms with Crippen molar-refractivity contribution in [3.05, 3.63) is 35.4 Å². The third kappa shape index (κ3) is 1.68. The van der Waals surface area contributed by atoms with Crippen molar-refractivity contribution in [2.75, 3.05) is 5.73 Å². The van der Waals surface area contributed by atoms with Gasteiger partial charge < -0.3 is 10.3 Å². The molecule has 0 saturated heterocycles. The number of nitrogen functional groups attached to an aromatic ring is 1. The fourth-order valence-corrected chi connectivity index (χ4v) is 1.35. The smallest absolute Gasteiger partial charge is 0.222 e. The van der Waals surface area contributed by atoms with Crippen LogP contribution in [0.2, 0.25) is 0 Å². The highest BCUT2D eigenvalue weighted by molar-refractivity contribution is 5.63. The molecule has 0 bridgehead atoms. The fraction of sp³-hybridized carbons (Fsp3) is 0.100. The quantitative estimate of drug-likeness (QED) is 0.786. The third-order valence-electron chi connectivity index (χ3n) is 1.97. The number of anilines is 1. The van der Waals surface area contributed by atoms with Crippen molar-refractivity contribution in [2.24, 2.45) is 0 Å². The number of benzene rings is 1. The maximum Gasteiger partial charge on any atom is 0.222 e. The van der Waals surface area contributed by atoms with Crippen molar-refractivity contribution in [3.8, 4) is 11.3 Å². The Morgan fingerprint density at radius 3 is 2.27 bits per heavy atom. The van der Waals surface area contributed by atoms with Gasteiger partial charge in [-0.1, -0.05) is 5.16 Å². The van der Waals surface area contributed by atoms with E-state index >= 15 is 0 Å². The van der Waals surface area contributed by atoms with Crippen LogP contribution in [-0.2, 0) is 0 Å². The van der Waals surface area contributed by atoms with Gasteiger partial charge in [0.1, 0.15) is 17.3 Å². The maximum absolute atomic E-state index is 13.4. The molecule has 5 heteroatoms. The van der Waals surface area contributed by atoms with Gasteiger partial charge in [-0.15, -0.1) is 0 Å². The van der Waals surface area contributed by atoms with E-state index in [2.05, 4.69) is 9.68 Å². The summed E-state index contributed by atoms with van der Waals surface area (Å²) in [5.41, 5.74) is 5.61. The second-order valence-electron chi connectivity index (χ2n) is 3.22. The first-order valence-corrected chi connectivity index (χ1v) is 4.26. The maximum atomic E-state index is 13.4. The Bertz CT molecular complexity index is 485. The highest BCUT2D eigenvalue weighted by Crippen LogP contribution is 2.27. The lowest BCUT2D eigenvalue weighted by molar-refractivity contribution is 0.438. The molecule has 2 aromatic rings. The number of aromatic nitrogens is 1. The second kappa shape index (κ2) is 3.34. The van der Waals surface area contributed by atoms with E-state index in [1.54, 1.807) is 6.92 Å². The number of hydrogen-bond acceptors (Lipinski definition) is 3. The molecule has 0 unspecified atom stereocenters. The monoisotopic (exact) mass is 210 g/mol. The van der Waals surface area contributed by atoms with Crippen LogP contribution in [0.25, 0.3) is 11.3 Å². The largest absolute Gasteiger partial charge is 0.368 e. The van der Waals surface area contributed by atoms with Gasteiger partial charge in [0.05, 0.1) is 5.56 Å². The first-order chi connectivity index (χ1) is 7.08. The number of nitrogens with zero attached hydrogens (tertiary/aromatic N) is 1. The van der Waals surface area contributed by atoms with Gasteiger partial charge in [-0.2, -0.15) is 0 Å². The SMILES string of the molecule is Cc1cc(F)c(-c2cc(N)on2)c(F)c1. The van der Waals surface area contributed by atoms with Crippen molar-refractivity contribution >= 4 is 5.88 Å². The Morgan fingerprint density at radius 2 is 1.80 bits per heavy atom. The molecule has 0 radical (unpaired) electrons. The van der Waals surface area contributed by atoms with Crippen LogP contribution in [0.15, 0.2) is 22.7 Å². The van der Waals surface area contributed by atoms with Crippen LogP contribution in [0.1, 0.15) is 5.56 Å². The zero-order chi connectivity index (χ0) is 11.0. The van der Waals surface area contributed by atoms with E-state index in [-0.39, 0.29) is 17.1 Å². The predicted octanol–water partition coefficient (Wildman–Crippen LogP) is 2.51. The molecule has 1 heterocycles. The van der Waals surface area contributed by atoms with E-state index in [9.17, 15) is 8.78 Å². The van der Waals surface area contributed by atoms with E-state index < -0.39 is 11.6 Å². The van der Waals surface area contributed by atoms with Crippen molar-refractivity contribution in [3.63, 3.8) is 0 Å². The summed E-state index contributed by atoms with van der Waals surface area (Å²) in [6, 6.07) is 3.73. The minimum absolute atomic E-state index is 0.0179. The highest BCUT2D eigenvalue weighted by atomic mass is 19.1. The zero-order valence-electron chi connectivity index (χ0n) is 7.92. The van der Waals surface area contributed by atoms with Crippen molar-refractivity contribution < 1.29 is 13.3 Å². The molecule has 0 saturated carbocycles. The summed E-state index contributed by atoms with van der Waals surface area (Å²) in [5, 5.41) is 3.46. The topological polar surface area (TPSA) is 52.0 Å². The molecule has 1 aromatic carbocycles. The Morgan fingerprint density at radius 1 is 1.20 bits per heavy atom. The number of halogens is 2. The predicted molar refractivity (Wildman–Crippen MR) is 51.0 cm³/mol. The van der Waals surface area contributed by atoms with Crippen LogP contribution in [0.5, 0.6) is 0 Å². The average molecular weight is 210 g/mol. The minimum Gasteiger partial charge on any atom is -0.368 e. The molecule has 0 spiro atoms. The fourth-order valence-electron chi connectivity index (χ4n) is 1.35. The van der Waals surface area contributed by atoms with Crippen molar-refractivity contribution in [2.45, 2.75) is 6.92 Å². The van der Waals surface area contributed by atoms with Crippen LogP contribution < -0.4 is 5.73 Å². The lowest BCUT2D eigenvalue weighted by atomic mass is 10.1. The Hall–Kier alpha value is -1.91. The molecule has 3 nitrogen and oxygen atoms in total. The number of nitrogens with two attached hydrogens (primary N) is 1. The van der Waals surface area contributed by atoms with Crippen molar-refractivity contribution in [1.82, 2.24) is 5.16 Å². The molecule has 0 atom stereocenters. The van der Waals surface area contributed by atoms with Gasteiger partial charge in [-0.25, -0.2) is 8.78 Å². The lowest BCUT2D eigenvalue weighted by Crippen LogP contribution is -1.91. The molecule has 0 aliphatic carbocycles. The molecule has 78 valence electrons. The Kier molecular flexibility index (Phi) is 2.15. The average Bonchev–Trinajstić information content (AvgIpc) is 2.49. The van der Waals surface area contributed by atoms with Crippen LogP contribution >= 0.6 is 0 Å². The first kappa shape index (κ1) is 9.64. The van der Waals surface area contributed by atoms with E-state index in [4.69, 9.17) is 5.73 Å². The number of rotatable bonds is 1. The minimum atomic E-state index is -0.680. The molecular weight excluding hydrogens is 202 g/mol. The Labute approximate surface area is 84.5 Å². The summed E-state index contributed by atoms with van der Waals surface area (Å²) in [5.74, 6) is -1.34. The number of aryl methyl sites for hydroxylation is 1. The molecule has 0 amide bonds. The lowest BCUT2D eigenvalue weighted by Gasteiger charge is -2.01. The molecule has 2 N–H and O–H groups in total.